The van der Waals surface area contributed by atoms with Gasteiger partial charge in [-0.2, -0.15) is 0 Å². The summed E-state index contributed by atoms with van der Waals surface area (Å²) in [4.78, 5) is 49.4. The molecule has 1 unspecified atom stereocenters. The van der Waals surface area contributed by atoms with Gasteiger partial charge in [0.1, 0.15) is 11.7 Å². The van der Waals surface area contributed by atoms with Crippen molar-refractivity contribution < 1.29 is 14.4 Å². The number of hydrogen-bond acceptors (Lipinski definition) is 5. The summed E-state index contributed by atoms with van der Waals surface area (Å²) in [5, 5.41) is 3.17. The number of carbonyl (C=O) groups is 3. The normalized spacial score (nSPS) is 14.7. The molecule has 7 nitrogen and oxygen atoms in total. The Morgan fingerprint density at radius 1 is 0.941 bits per heavy atom. The molecule has 0 spiro atoms. The van der Waals surface area contributed by atoms with Crippen LogP contribution >= 0.6 is 0 Å². The number of Topliss-reactive ketones (excluding diaryl/α,β-unsaturated/α-hetero) is 1. The van der Waals surface area contributed by atoms with Crippen molar-refractivity contribution in [2.75, 3.05) is 4.90 Å². The minimum Gasteiger partial charge on any atom is -0.351 e. The Morgan fingerprint density at radius 2 is 1.71 bits per heavy atom. The smallest absolute Gasteiger partial charge is 0.277 e. The average molecular weight is 457 g/mol. The third-order valence-electron chi connectivity index (χ3n) is 6.11. The van der Waals surface area contributed by atoms with Gasteiger partial charge >= 0.3 is 0 Å². The van der Waals surface area contributed by atoms with E-state index in [1.54, 1.807) is 73.2 Å². The number of ketones is 1. The zero-order chi connectivity index (χ0) is 23.9. The molecule has 4 rings (SSSR count). The van der Waals surface area contributed by atoms with Gasteiger partial charge in [0.2, 0.25) is 5.91 Å². The van der Waals surface area contributed by atoms with E-state index < -0.39 is 11.9 Å². The van der Waals surface area contributed by atoms with E-state index >= 15 is 0 Å². The number of hydrogen-bond donors (Lipinski definition) is 1. The van der Waals surface area contributed by atoms with E-state index in [0.29, 0.717) is 16.8 Å². The largest absolute Gasteiger partial charge is 0.351 e. The maximum atomic E-state index is 13.8. The topological polar surface area (TPSA) is 92.3 Å². The van der Waals surface area contributed by atoms with Gasteiger partial charge in [-0.15, -0.1) is 0 Å². The zero-order valence-corrected chi connectivity index (χ0v) is 19.2. The lowest BCUT2D eigenvalue weighted by Crippen LogP contribution is -2.47. The number of carbonyl (C=O) groups excluding carboxylic acids is 3. The molecule has 1 atom stereocenters. The highest BCUT2D eigenvalue weighted by atomic mass is 16.2. The van der Waals surface area contributed by atoms with Crippen LogP contribution in [0, 0.1) is 0 Å². The fraction of sp³-hybridized carbons (Fsp3) is 0.296. The first-order valence-corrected chi connectivity index (χ1v) is 11.6. The molecule has 1 aliphatic rings. The number of pyridine rings is 2. The summed E-state index contributed by atoms with van der Waals surface area (Å²) in [5.41, 5.74) is 1.74. The molecule has 1 aromatic carbocycles. The van der Waals surface area contributed by atoms with Gasteiger partial charge in [0.15, 0.2) is 5.78 Å². The number of nitrogens with zero attached hydrogens (tertiary/aromatic N) is 3. The van der Waals surface area contributed by atoms with Crippen molar-refractivity contribution in [3.8, 4) is 0 Å². The monoisotopic (exact) mass is 456 g/mol. The molecule has 1 fully saturated rings. The lowest BCUT2D eigenvalue weighted by Gasteiger charge is -2.33. The Bertz CT molecular complexity index is 1140. The van der Waals surface area contributed by atoms with Crippen molar-refractivity contribution >= 4 is 23.3 Å². The molecule has 2 aromatic heterocycles. The summed E-state index contributed by atoms with van der Waals surface area (Å²) in [5.74, 6) is -0.822. The minimum atomic E-state index is -0.957. The molecule has 0 radical (unpaired) electrons. The predicted octanol–water partition coefficient (Wildman–Crippen LogP) is 4.52. The molecule has 0 bridgehead atoms. The molecule has 3 aromatic rings. The van der Waals surface area contributed by atoms with Crippen molar-refractivity contribution in [2.24, 2.45) is 0 Å². The van der Waals surface area contributed by atoms with Crippen LogP contribution < -0.4 is 10.2 Å². The Morgan fingerprint density at radius 3 is 2.38 bits per heavy atom. The van der Waals surface area contributed by atoms with E-state index in [4.69, 9.17) is 0 Å². The molecular formula is C27H28N4O3. The van der Waals surface area contributed by atoms with Gasteiger partial charge in [-0.3, -0.25) is 29.3 Å². The molecule has 174 valence electrons. The Kier molecular flexibility index (Phi) is 7.42. The highest BCUT2D eigenvalue weighted by molar-refractivity contribution is 6.09. The number of nitrogens with one attached hydrogen (secondary N) is 1. The number of aromatic nitrogens is 2. The van der Waals surface area contributed by atoms with Gasteiger partial charge in [0.05, 0.1) is 0 Å². The van der Waals surface area contributed by atoms with E-state index in [-0.39, 0.29) is 23.4 Å². The molecule has 2 amide bonds. The van der Waals surface area contributed by atoms with Crippen LogP contribution in [-0.4, -0.2) is 33.6 Å². The molecule has 0 aliphatic heterocycles. The van der Waals surface area contributed by atoms with Crippen LogP contribution in [0.1, 0.15) is 71.5 Å². The first-order chi connectivity index (χ1) is 16.5. The standard InChI is InChI=1S/C27H28N4O3/c1-19(32)21-8-7-11-23(18-21)31(27(34)24-12-5-6-15-29-24)25(20-13-16-28-17-14-20)26(33)30-22-9-3-2-4-10-22/h5-8,11-18,22,25H,2-4,9-10H2,1H3,(H,30,33). The van der Waals surface area contributed by atoms with Gasteiger partial charge in [-0.1, -0.05) is 37.5 Å². The van der Waals surface area contributed by atoms with Gasteiger partial charge in [-0.05, 0) is 61.7 Å². The highest BCUT2D eigenvalue weighted by Gasteiger charge is 2.35. The fourth-order valence-electron chi connectivity index (χ4n) is 4.36. The van der Waals surface area contributed by atoms with Crippen molar-refractivity contribution in [1.82, 2.24) is 15.3 Å². The van der Waals surface area contributed by atoms with Gasteiger partial charge in [0, 0.05) is 35.9 Å². The van der Waals surface area contributed by atoms with Crippen LogP contribution in [0.3, 0.4) is 0 Å². The van der Waals surface area contributed by atoms with E-state index in [1.165, 1.54) is 18.2 Å². The van der Waals surface area contributed by atoms with Crippen molar-refractivity contribution in [2.45, 2.75) is 51.1 Å². The van der Waals surface area contributed by atoms with Crippen LogP contribution in [0.4, 0.5) is 5.69 Å². The lowest BCUT2D eigenvalue weighted by atomic mass is 9.94. The Balaban J connectivity index is 1.81. The fourth-order valence-corrected chi connectivity index (χ4v) is 4.36. The van der Waals surface area contributed by atoms with Crippen LogP contribution in [0.25, 0.3) is 0 Å². The van der Waals surface area contributed by atoms with Crippen LogP contribution in [0.5, 0.6) is 0 Å². The Hall–Kier alpha value is -3.87. The molecule has 1 saturated carbocycles. The summed E-state index contributed by atoms with van der Waals surface area (Å²) in [6.45, 7) is 1.47. The van der Waals surface area contributed by atoms with Crippen molar-refractivity contribution in [3.05, 3.63) is 90.0 Å². The van der Waals surface area contributed by atoms with E-state index in [1.807, 2.05) is 0 Å². The average Bonchev–Trinajstić information content (AvgIpc) is 2.88. The third kappa shape index (κ3) is 5.36. The van der Waals surface area contributed by atoms with Gasteiger partial charge in [-0.25, -0.2) is 0 Å². The maximum Gasteiger partial charge on any atom is 0.277 e. The van der Waals surface area contributed by atoms with Crippen LogP contribution in [-0.2, 0) is 4.79 Å². The number of benzene rings is 1. The minimum absolute atomic E-state index is 0.0703. The molecular weight excluding hydrogens is 428 g/mol. The second-order valence-electron chi connectivity index (χ2n) is 8.52. The van der Waals surface area contributed by atoms with E-state index in [2.05, 4.69) is 15.3 Å². The number of anilines is 1. The first-order valence-electron chi connectivity index (χ1n) is 11.6. The van der Waals surface area contributed by atoms with Crippen molar-refractivity contribution in [3.63, 3.8) is 0 Å². The van der Waals surface area contributed by atoms with Gasteiger partial charge in [0.25, 0.3) is 5.91 Å². The van der Waals surface area contributed by atoms with E-state index in [0.717, 1.165) is 25.7 Å². The SMILES string of the molecule is CC(=O)c1cccc(N(C(=O)c2ccccn2)C(C(=O)NC2CCCCC2)c2ccncc2)c1. The summed E-state index contributed by atoms with van der Waals surface area (Å²) in [7, 11) is 0. The quantitative estimate of drug-likeness (QED) is 0.528. The molecule has 7 heteroatoms. The number of amides is 2. The first kappa shape index (κ1) is 23.3. The van der Waals surface area contributed by atoms with E-state index in [9.17, 15) is 14.4 Å². The maximum absolute atomic E-state index is 13.8. The molecule has 0 saturated heterocycles. The van der Waals surface area contributed by atoms with Gasteiger partial charge < -0.3 is 5.32 Å². The zero-order valence-electron chi connectivity index (χ0n) is 19.2. The van der Waals surface area contributed by atoms with Crippen LogP contribution in [0.2, 0.25) is 0 Å². The summed E-state index contributed by atoms with van der Waals surface area (Å²) in [6.07, 6.45) is 9.90. The molecule has 34 heavy (non-hydrogen) atoms. The number of rotatable bonds is 7. The van der Waals surface area contributed by atoms with Crippen LogP contribution in [0.15, 0.2) is 73.2 Å². The summed E-state index contributed by atoms with van der Waals surface area (Å²) in [6, 6.07) is 14.4. The van der Waals surface area contributed by atoms with Crippen molar-refractivity contribution in [1.29, 1.82) is 0 Å². The summed E-state index contributed by atoms with van der Waals surface area (Å²) >= 11 is 0. The molecule has 1 N–H and O–H groups in total. The predicted molar refractivity (Wildman–Crippen MR) is 129 cm³/mol. The second-order valence-corrected chi connectivity index (χ2v) is 8.52. The third-order valence-corrected chi connectivity index (χ3v) is 6.11. The molecule has 2 heterocycles. The molecule has 1 aliphatic carbocycles. The second kappa shape index (κ2) is 10.8. The highest BCUT2D eigenvalue weighted by Crippen LogP contribution is 2.31. The summed E-state index contributed by atoms with van der Waals surface area (Å²) < 4.78 is 0. The lowest BCUT2D eigenvalue weighted by molar-refractivity contribution is -0.123. The Labute approximate surface area is 199 Å².